The SMILES string of the molecule is CCC(C)Cc1ccc(NC(=S)Nc2ccc(NC(=O)c3csnn3)cc2)cc1C(F)(F)F. The van der Waals surface area contributed by atoms with Gasteiger partial charge >= 0.3 is 6.18 Å². The quantitative estimate of drug-likeness (QED) is 0.340. The van der Waals surface area contributed by atoms with E-state index >= 15 is 0 Å². The highest BCUT2D eigenvalue weighted by Gasteiger charge is 2.33. The number of carbonyl (C=O) groups excluding carboxylic acids is 1. The van der Waals surface area contributed by atoms with E-state index in [9.17, 15) is 18.0 Å². The van der Waals surface area contributed by atoms with Crippen molar-refractivity contribution in [2.45, 2.75) is 32.9 Å². The van der Waals surface area contributed by atoms with Crippen LogP contribution in [-0.4, -0.2) is 20.6 Å². The molecular weight excluding hydrogens is 471 g/mol. The zero-order valence-corrected chi connectivity index (χ0v) is 19.5. The fraction of sp³-hybridized carbons (Fsp3) is 0.273. The molecule has 1 amide bonds. The monoisotopic (exact) mass is 493 g/mol. The number of thiocarbonyl (C=S) groups is 1. The van der Waals surface area contributed by atoms with Crippen molar-refractivity contribution in [3.8, 4) is 0 Å². The molecule has 1 heterocycles. The first-order valence-electron chi connectivity index (χ1n) is 10.1. The summed E-state index contributed by atoms with van der Waals surface area (Å²) < 4.78 is 44.4. The van der Waals surface area contributed by atoms with Crippen molar-refractivity contribution >= 4 is 51.8 Å². The lowest BCUT2D eigenvalue weighted by Crippen LogP contribution is -2.20. The average molecular weight is 494 g/mol. The van der Waals surface area contributed by atoms with E-state index in [4.69, 9.17) is 12.2 Å². The summed E-state index contributed by atoms with van der Waals surface area (Å²) in [6, 6.07) is 10.8. The molecular formula is C22H22F3N5OS2. The lowest BCUT2D eigenvalue weighted by atomic mass is 9.94. The summed E-state index contributed by atoms with van der Waals surface area (Å²) in [5.41, 5.74) is 1.22. The van der Waals surface area contributed by atoms with E-state index in [0.29, 0.717) is 17.8 Å². The van der Waals surface area contributed by atoms with Gasteiger partial charge in [-0.3, -0.25) is 4.79 Å². The Labute approximate surface area is 198 Å². The minimum atomic E-state index is -4.45. The van der Waals surface area contributed by atoms with Gasteiger partial charge in [0.1, 0.15) is 0 Å². The van der Waals surface area contributed by atoms with Gasteiger partial charge in [0.2, 0.25) is 0 Å². The van der Waals surface area contributed by atoms with E-state index in [1.54, 1.807) is 30.3 Å². The second-order valence-corrected chi connectivity index (χ2v) is 8.51. The highest BCUT2D eigenvalue weighted by Crippen LogP contribution is 2.35. The summed E-state index contributed by atoms with van der Waals surface area (Å²) >= 11 is 6.32. The van der Waals surface area contributed by atoms with Crippen molar-refractivity contribution < 1.29 is 18.0 Å². The van der Waals surface area contributed by atoms with Crippen molar-refractivity contribution in [1.29, 1.82) is 0 Å². The first kappa shape index (κ1) is 24.6. The standard InChI is InChI=1S/C22H22F3N5OS2/c1-3-13(2)10-14-4-5-17(11-18(14)22(23,24)25)28-21(32)27-16-8-6-15(7-9-16)26-20(31)19-12-33-30-29-19/h4-9,11-13H,3,10H2,1-2H3,(H,26,31)(H2,27,28,32). The van der Waals surface area contributed by atoms with Crippen LogP contribution < -0.4 is 16.0 Å². The average Bonchev–Trinajstić information content (AvgIpc) is 3.30. The van der Waals surface area contributed by atoms with E-state index in [0.717, 1.165) is 24.0 Å². The molecule has 0 aliphatic carbocycles. The number of nitrogens with one attached hydrogen (secondary N) is 3. The number of hydrogen-bond donors (Lipinski definition) is 3. The normalized spacial score (nSPS) is 12.2. The van der Waals surface area contributed by atoms with Gasteiger partial charge in [-0.05, 0) is 78.1 Å². The Morgan fingerprint density at radius 3 is 2.24 bits per heavy atom. The summed E-state index contributed by atoms with van der Waals surface area (Å²) in [6.45, 7) is 3.88. The van der Waals surface area contributed by atoms with Gasteiger partial charge < -0.3 is 16.0 Å². The Bertz CT molecular complexity index is 1100. The Kier molecular flexibility index (Phi) is 7.98. The molecule has 3 aromatic rings. The number of hydrogen-bond acceptors (Lipinski definition) is 5. The number of rotatable bonds is 7. The zero-order valence-electron chi connectivity index (χ0n) is 17.9. The molecule has 2 aromatic carbocycles. The van der Waals surface area contributed by atoms with Gasteiger partial charge in [0.05, 0.1) is 5.56 Å². The molecule has 3 rings (SSSR count). The topological polar surface area (TPSA) is 78.9 Å². The molecule has 0 saturated carbocycles. The molecule has 6 nitrogen and oxygen atoms in total. The van der Waals surface area contributed by atoms with Crippen LogP contribution in [0.2, 0.25) is 0 Å². The van der Waals surface area contributed by atoms with E-state index in [2.05, 4.69) is 25.5 Å². The van der Waals surface area contributed by atoms with Gasteiger partial charge in [-0.25, -0.2) is 0 Å². The first-order chi connectivity index (χ1) is 15.7. The summed E-state index contributed by atoms with van der Waals surface area (Å²) in [6.07, 6.45) is -3.30. The zero-order chi connectivity index (χ0) is 24.0. The second kappa shape index (κ2) is 10.7. The van der Waals surface area contributed by atoms with Gasteiger partial charge in [0, 0.05) is 22.4 Å². The smallest absolute Gasteiger partial charge is 0.332 e. The summed E-state index contributed by atoms with van der Waals surface area (Å²) in [5, 5.41) is 13.8. The van der Waals surface area contributed by atoms with Crippen LogP contribution in [0.15, 0.2) is 47.8 Å². The van der Waals surface area contributed by atoms with Gasteiger partial charge in [0.25, 0.3) is 5.91 Å². The highest BCUT2D eigenvalue weighted by molar-refractivity contribution is 7.80. The fourth-order valence-electron chi connectivity index (χ4n) is 3.00. The number of alkyl halides is 3. The molecule has 0 fully saturated rings. The Hall–Kier alpha value is -3.05. The van der Waals surface area contributed by atoms with E-state index in [-0.39, 0.29) is 33.9 Å². The number of amides is 1. The number of carbonyl (C=O) groups is 1. The van der Waals surface area contributed by atoms with Crippen molar-refractivity contribution in [3.63, 3.8) is 0 Å². The van der Waals surface area contributed by atoms with Gasteiger partial charge in [-0.15, -0.1) is 5.10 Å². The third-order valence-corrected chi connectivity index (χ3v) is 5.64. The highest BCUT2D eigenvalue weighted by atomic mass is 32.1. The minimum absolute atomic E-state index is 0.142. The lowest BCUT2D eigenvalue weighted by molar-refractivity contribution is -0.138. The molecule has 11 heteroatoms. The minimum Gasteiger partial charge on any atom is -0.332 e. The van der Waals surface area contributed by atoms with E-state index < -0.39 is 11.7 Å². The molecule has 1 unspecified atom stereocenters. The number of benzene rings is 2. The summed E-state index contributed by atoms with van der Waals surface area (Å²) in [5.74, 6) is -0.225. The van der Waals surface area contributed by atoms with Crippen LogP contribution in [0.25, 0.3) is 0 Å². The van der Waals surface area contributed by atoms with Gasteiger partial charge in [0.15, 0.2) is 10.8 Å². The predicted octanol–water partition coefficient (Wildman–Crippen LogP) is 6.21. The van der Waals surface area contributed by atoms with Crippen LogP contribution in [0.3, 0.4) is 0 Å². The summed E-state index contributed by atoms with van der Waals surface area (Å²) in [4.78, 5) is 12.0. The molecule has 0 aliphatic rings. The van der Waals surface area contributed by atoms with Crippen LogP contribution in [0.4, 0.5) is 30.2 Å². The third-order valence-electron chi connectivity index (χ3n) is 4.93. The van der Waals surface area contributed by atoms with Crippen LogP contribution in [-0.2, 0) is 12.6 Å². The third kappa shape index (κ3) is 6.96. The summed E-state index contributed by atoms with van der Waals surface area (Å²) in [7, 11) is 0. The first-order valence-corrected chi connectivity index (χ1v) is 11.4. The van der Waals surface area contributed by atoms with E-state index in [1.165, 1.54) is 11.4 Å². The predicted molar refractivity (Wildman–Crippen MR) is 129 cm³/mol. The number of anilines is 3. The van der Waals surface area contributed by atoms with Crippen molar-refractivity contribution in [3.05, 3.63) is 64.7 Å². The van der Waals surface area contributed by atoms with Gasteiger partial charge in [-0.2, -0.15) is 13.2 Å². The largest absolute Gasteiger partial charge is 0.416 e. The maximum absolute atomic E-state index is 13.6. The van der Waals surface area contributed by atoms with Crippen molar-refractivity contribution in [2.24, 2.45) is 5.92 Å². The van der Waals surface area contributed by atoms with Crippen molar-refractivity contribution in [2.75, 3.05) is 16.0 Å². The van der Waals surface area contributed by atoms with Crippen molar-refractivity contribution in [1.82, 2.24) is 9.59 Å². The molecule has 174 valence electrons. The maximum Gasteiger partial charge on any atom is 0.416 e. The van der Waals surface area contributed by atoms with E-state index in [1.807, 2.05) is 13.8 Å². The molecule has 0 radical (unpaired) electrons. The number of nitrogens with zero attached hydrogens (tertiary/aromatic N) is 2. The number of halogens is 3. The van der Waals surface area contributed by atoms with Crippen LogP contribution in [0, 0.1) is 5.92 Å². The Morgan fingerprint density at radius 2 is 1.67 bits per heavy atom. The maximum atomic E-state index is 13.6. The van der Waals surface area contributed by atoms with Crippen LogP contribution in [0.1, 0.15) is 41.9 Å². The Balaban J connectivity index is 1.63. The number of aromatic nitrogens is 2. The molecule has 0 bridgehead atoms. The molecule has 1 atom stereocenters. The molecule has 3 N–H and O–H groups in total. The molecule has 1 aromatic heterocycles. The molecule has 33 heavy (non-hydrogen) atoms. The van der Waals surface area contributed by atoms with Crippen LogP contribution >= 0.6 is 23.8 Å². The molecule has 0 saturated heterocycles. The Morgan fingerprint density at radius 1 is 1.06 bits per heavy atom. The molecule has 0 spiro atoms. The fourth-order valence-corrected chi connectivity index (χ4v) is 3.68. The van der Waals surface area contributed by atoms with Crippen LogP contribution in [0.5, 0.6) is 0 Å². The molecule has 0 aliphatic heterocycles. The lowest BCUT2D eigenvalue weighted by Gasteiger charge is -2.18. The second-order valence-electron chi connectivity index (χ2n) is 7.49. The van der Waals surface area contributed by atoms with Gasteiger partial charge in [-0.1, -0.05) is 30.8 Å².